The number of amides is 2. The zero-order valence-electron chi connectivity index (χ0n) is 17.2. The number of esters is 1. The molecule has 1 unspecified atom stereocenters. The van der Waals surface area contributed by atoms with Gasteiger partial charge in [-0.2, -0.15) is 0 Å². The SMILES string of the molecule is COC1(NC(=O)Cc2cc3ccccc3s2)C(=O)N2C(C(=O)O)=C(COC(C)=O)CS[C@@H]21. The van der Waals surface area contributed by atoms with Crippen molar-refractivity contribution >= 4 is 56.9 Å². The molecule has 0 aliphatic carbocycles. The molecule has 1 fully saturated rings. The number of carboxylic acids is 1. The van der Waals surface area contributed by atoms with Crippen LogP contribution in [0.5, 0.6) is 0 Å². The molecule has 0 bridgehead atoms. The summed E-state index contributed by atoms with van der Waals surface area (Å²) in [5.41, 5.74) is -1.60. The molecule has 2 aliphatic rings. The van der Waals surface area contributed by atoms with Crippen molar-refractivity contribution in [1.82, 2.24) is 10.2 Å². The lowest BCUT2D eigenvalue weighted by atomic mass is 9.98. The Labute approximate surface area is 191 Å². The second-order valence-corrected chi connectivity index (χ2v) is 9.53. The van der Waals surface area contributed by atoms with E-state index >= 15 is 0 Å². The molecule has 1 aromatic heterocycles. The number of benzene rings is 1. The van der Waals surface area contributed by atoms with Gasteiger partial charge in [0.1, 0.15) is 17.7 Å². The highest BCUT2D eigenvalue weighted by atomic mass is 32.2. The number of methoxy groups -OCH3 is 1. The molecule has 9 nitrogen and oxygen atoms in total. The van der Waals surface area contributed by atoms with Crippen molar-refractivity contribution in [2.75, 3.05) is 19.5 Å². The molecule has 32 heavy (non-hydrogen) atoms. The Hall–Kier alpha value is -2.89. The van der Waals surface area contributed by atoms with Crippen molar-refractivity contribution in [3.63, 3.8) is 0 Å². The Morgan fingerprint density at radius 3 is 2.72 bits per heavy atom. The van der Waals surface area contributed by atoms with Crippen LogP contribution >= 0.6 is 23.1 Å². The molecule has 3 heterocycles. The predicted molar refractivity (Wildman–Crippen MR) is 118 cm³/mol. The van der Waals surface area contributed by atoms with Crippen LogP contribution in [0.1, 0.15) is 11.8 Å². The van der Waals surface area contributed by atoms with Gasteiger partial charge in [0.25, 0.3) is 11.6 Å². The first-order valence-corrected chi connectivity index (χ1v) is 11.5. The molecule has 2 N–H and O–H groups in total. The lowest BCUT2D eigenvalue weighted by Gasteiger charge is -2.55. The standard InChI is InChI=1S/C21H20N2O7S2/c1-11(24)30-9-13-10-31-20-21(29-2,19(28)23(20)17(13)18(26)27)22-16(25)8-14-7-12-5-3-4-6-15(12)32-14/h3-7,20H,8-10H2,1-2H3,(H,22,25)(H,26,27)/t20-,21?/m1/s1. The summed E-state index contributed by atoms with van der Waals surface area (Å²) in [6.07, 6.45) is 0.0639. The van der Waals surface area contributed by atoms with Crippen LogP contribution < -0.4 is 5.32 Å². The maximum Gasteiger partial charge on any atom is 0.352 e. The molecule has 2 amide bonds. The zero-order chi connectivity index (χ0) is 23.0. The van der Waals surface area contributed by atoms with Crippen LogP contribution in [-0.2, 0) is 35.1 Å². The van der Waals surface area contributed by atoms with E-state index in [1.165, 1.54) is 37.1 Å². The monoisotopic (exact) mass is 476 g/mol. The van der Waals surface area contributed by atoms with Crippen LogP contribution in [-0.4, -0.2) is 64.3 Å². The average Bonchev–Trinajstić information content (AvgIpc) is 3.16. The number of carbonyl (C=O) groups excluding carboxylic acids is 3. The van der Waals surface area contributed by atoms with Crippen LogP contribution in [0.15, 0.2) is 41.6 Å². The molecule has 11 heteroatoms. The normalized spacial score (nSPS) is 22.4. The maximum absolute atomic E-state index is 13.0. The average molecular weight is 477 g/mol. The van der Waals surface area contributed by atoms with Crippen LogP contribution in [0.4, 0.5) is 0 Å². The molecule has 2 atom stereocenters. The number of hydrogen-bond donors (Lipinski definition) is 2. The first-order chi connectivity index (χ1) is 15.3. The Morgan fingerprint density at radius 1 is 1.31 bits per heavy atom. The number of hydrogen-bond acceptors (Lipinski definition) is 8. The van der Waals surface area contributed by atoms with Crippen LogP contribution in [0, 0.1) is 0 Å². The number of β-lactam (4-membered cyclic amide) rings is 1. The van der Waals surface area contributed by atoms with Gasteiger partial charge in [0.05, 0.1) is 6.42 Å². The number of thioether (sulfide) groups is 1. The minimum Gasteiger partial charge on any atom is -0.477 e. The summed E-state index contributed by atoms with van der Waals surface area (Å²) in [4.78, 5) is 50.7. The second kappa shape index (κ2) is 8.57. The fourth-order valence-corrected chi connectivity index (χ4v) is 6.26. The number of carboxylic acid groups (broad SMARTS) is 1. The summed E-state index contributed by atoms with van der Waals surface area (Å²) in [5, 5.41) is 12.6. The minimum atomic E-state index is -1.66. The minimum absolute atomic E-state index is 0.0639. The largest absolute Gasteiger partial charge is 0.477 e. The topological polar surface area (TPSA) is 122 Å². The lowest BCUT2D eigenvalue weighted by Crippen LogP contribution is -2.80. The Morgan fingerprint density at radius 2 is 2.06 bits per heavy atom. The molecule has 1 saturated heterocycles. The highest BCUT2D eigenvalue weighted by Gasteiger charge is 2.66. The third-order valence-electron chi connectivity index (χ3n) is 5.22. The Kier molecular flexibility index (Phi) is 5.97. The van der Waals surface area contributed by atoms with Crippen molar-refractivity contribution < 1.29 is 33.8 Å². The van der Waals surface area contributed by atoms with E-state index in [0.717, 1.165) is 19.9 Å². The van der Waals surface area contributed by atoms with Gasteiger partial charge in [-0.3, -0.25) is 19.3 Å². The zero-order valence-corrected chi connectivity index (χ0v) is 18.9. The van der Waals surface area contributed by atoms with Crippen molar-refractivity contribution in [2.24, 2.45) is 0 Å². The first kappa shape index (κ1) is 22.3. The van der Waals surface area contributed by atoms with Gasteiger partial charge in [-0.25, -0.2) is 4.79 Å². The smallest absolute Gasteiger partial charge is 0.352 e. The Balaban J connectivity index is 1.53. The third-order valence-corrected chi connectivity index (χ3v) is 7.71. The van der Waals surface area contributed by atoms with E-state index in [1.807, 2.05) is 30.3 Å². The lowest BCUT2D eigenvalue weighted by molar-refractivity contribution is -0.192. The molecule has 0 radical (unpaired) electrons. The molecule has 2 aromatic rings. The highest BCUT2D eigenvalue weighted by Crippen LogP contribution is 2.46. The molecule has 0 spiro atoms. The summed E-state index contributed by atoms with van der Waals surface area (Å²) < 4.78 is 11.4. The van der Waals surface area contributed by atoms with Gasteiger partial charge in [0.2, 0.25) is 5.91 Å². The second-order valence-electron chi connectivity index (χ2n) is 7.29. The number of aliphatic carboxylic acids is 1. The molecule has 1 aromatic carbocycles. The molecule has 0 saturated carbocycles. The number of nitrogens with one attached hydrogen (secondary N) is 1. The number of nitrogens with zero attached hydrogens (tertiary/aromatic N) is 1. The van der Waals surface area contributed by atoms with Gasteiger partial charge >= 0.3 is 11.9 Å². The molecular formula is C21H20N2O7S2. The Bertz CT molecular complexity index is 1120. The van der Waals surface area contributed by atoms with Crippen LogP contribution in [0.25, 0.3) is 10.1 Å². The number of carbonyl (C=O) groups is 4. The fourth-order valence-electron chi connectivity index (χ4n) is 3.78. The van der Waals surface area contributed by atoms with Gasteiger partial charge < -0.3 is 19.9 Å². The highest BCUT2D eigenvalue weighted by molar-refractivity contribution is 8.00. The molecule has 4 rings (SSSR count). The summed E-state index contributed by atoms with van der Waals surface area (Å²) in [6, 6.07) is 9.70. The van der Waals surface area contributed by atoms with Gasteiger partial charge in [-0.1, -0.05) is 18.2 Å². The number of thiophene rings is 1. The molecular weight excluding hydrogens is 456 g/mol. The maximum atomic E-state index is 13.0. The van der Waals surface area contributed by atoms with Crippen LogP contribution in [0.2, 0.25) is 0 Å². The van der Waals surface area contributed by atoms with E-state index in [-0.39, 0.29) is 24.5 Å². The van der Waals surface area contributed by atoms with E-state index < -0.39 is 34.9 Å². The van der Waals surface area contributed by atoms with Crippen molar-refractivity contribution in [2.45, 2.75) is 24.4 Å². The summed E-state index contributed by atoms with van der Waals surface area (Å²) >= 11 is 2.73. The number of rotatable bonds is 7. The van der Waals surface area contributed by atoms with Gasteiger partial charge in [-0.15, -0.1) is 23.1 Å². The summed E-state index contributed by atoms with van der Waals surface area (Å²) in [5.74, 6) is -2.74. The van der Waals surface area contributed by atoms with E-state index in [9.17, 15) is 24.3 Å². The molecule has 2 aliphatic heterocycles. The first-order valence-electron chi connectivity index (χ1n) is 9.64. The predicted octanol–water partition coefficient (Wildman–Crippen LogP) is 1.72. The van der Waals surface area contributed by atoms with Gasteiger partial charge in [0.15, 0.2) is 0 Å². The van der Waals surface area contributed by atoms with Gasteiger partial charge in [-0.05, 0) is 17.5 Å². The van der Waals surface area contributed by atoms with E-state index in [2.05, 4.69) is 5.32 Å². The van der Waals surface area contributed by atoms with E-state index in [4.69, 9.17) is 9.47 Å². The summed E-state index contributed by atoms with van der Waals surface area (Å²) in [6.45, 7) is 0.995. The third kappa shape index (κ3) is 3.76. The quantitative estimate of drug-likeness (QED) is 0.352. The molecule has 168 valence electrons. The summed E-state index contributed by atoms with van der Waals surface area (Å²) in [7, 11) is 1.30. The van der Waals surface area contributed by atoms with Crippen molar-refractivity contribution in [3.05, 3.63) is 46.5 Å². The van der Waals surface area contributed by atoms with Gasteiger partial charge in [0, 0.05) is 34.9 Å². The number of ether oxygens (including phenoxy) is 2. The van der Waals surface area contributed by atoms with E-state index in [1.54, 1.807) is 0 Å². The van der Waals surface area contributed by atoms with E-state index in [0.29, 0.717) is 5.57 Å². The van der Waals surface area contributed by atoms with Crippen molar-refractivity contribution in [1.29, 1.82) is 0 Å². The number of fused-ring (bicyclic) bond motifs is 2. The fraction of sp³-hybridized carbons (Fsp3) is 0.333. The van der Waals surface area contributed by atoms with Crippen LogP contribution in [0.3, 0.4) is 0 Å². The van der Waals surface area contributed by atoms with Crippen molar-refractivity contribution in [3.8, 4) is 0 Å².